The van der Waals surface area contributed by atoms with Gasteiger partial charge in [-0.05, 0) is 19.1 Å². The molecule has 0 saturated carbocycles. The molecule has 2 N–H and O–H groups in total. The molecule has 3 aromatic heterocycles. The molecule has 3 heterocycles. The van der Waals surface area contributed by atoms with E-state index in [1.807, 2.05) is 12.3 Å². The molecule has 20 heavy (non-hydrogen) atoms. The van der Waals surface area contributed by atoms with Gasteiger partial charge in [0.2, 0.25) is 0 Å². The zero-order valence-electron chi connectivity index (χ0n) is 11.0. The van der Waals surface area contributed by atoms with Crippen molar-refractivity contribution in [1.82, 2.24) is 24.9 Å². The molecular weight excluding hydrogens is 272 g/mol. The summed E-state index contributed by atoms with van der Waals surface area (Å²) in [7, 11) is 0. The molecule has 0 aliphatic rings. The third-order valence-electron chi connectivity index (χ3n) is 2.74. The normalized spacial score (nSPS) is 10.8. The van der Waals surface area contributed by atoms with Crippen molar-refractivity contribution >= 4 is 28.6 Å². The van der Waals surface area contributed by atoms with Crippen LogP contribution in [-0.4, -0.2) is 31.5 Å². The van der Waals surface area contributed by atoms with Crippen LogP contribution in [0.4, 0.5) is 5.69 Å². The molecule has 0 aliphatic heterocycles. The topological polar surface area (TPSA) is 79.4 Å². The summed E-state index contributed by atoms with van der Waals surface area (Å²) >= 11 is 1.62. The van der Waals surface area contributed by atoms with Crippen LogP contribution in [-0.2, 0) is 5.75 Å². The van der Waals surface area contributed by atoms with Crippen LogP contribution in [0.15, 0.2) is 36.0 Å². The molecule has 0 atom stereocenters. The van der Waals surface area contributed by atoms with Gasteiger partial charge in [0.25, 0.3) is 0 Å². The van der Waals surface area contributed by atoms with Crippen LogP contribution >= 0.6 is 11.8 Å². The van der Waals surface area contributed by atoms with E-state index in [-0.39, 0.29) is 0 Å². The second-order valence-electron chi connectivity index (χ2n) is 4.13. The zero-order chi connectivity index (χ0) is 13.8. The molecule has 0 bridgehead atoms. The van der Waals surface area contributed by atoms with Gasteiger partial charge in [-0.2, -0.15) is 0 Å². The third kappa shape index (κ3) is 2.72. The van der Waals surface area contributed by atoms with Gasteiger partial charge in [0.15, 0.2) is 5.65 Å². The lowest BCUT2D eigenvalue weighted by Gasteiger charge is -2.05. The summed E-state index contributed by atoms with van der Waals surface area (Å²) in [6.45, 7) is 2.97. The van der Waals surface area contributed by atoms with Crippen LogP contribution in [0, 0.1) is 0 Å². The van der Waals surface area contributed by atoms with E-state index < -0.39 is 0 Å². The van der Waals surface area contributed by atoms with Crippen LogP contribution in [0.1, 0.15) is 12.6 Å². The Morgan fingerprint density at radius 1 is 1.25 bits per heavy atom. The van der Waals surface area contributed by atoms with Gasteiger partial charge in [-0.3, -0.25) is 4.98 Å². The number of hydrogen-bond donors (Lipinski definition) is 2. The average molecular weight is 286 g/mol. The Morgan fingerprint density at radius 2 is 2.20 bits per heavy atom. The van der Waals surface area contributed by atoms with Gasteiger partial charge in [0, 0.05) is 24.2 Å². The van der Waals surface area contributed by atoms with E-state index in [2.05, 4.69) is 43.2 Å². The van der Waals surface area contributed by atoms with Crippen LogP contribution < -0.4 is 5.32 Å². The van der Waals surface area contributed by atoms with Crippen molar-refractivity contribution in [3.8, 4) is 0 Å². The second kappa shape index (κ2) is 5.87. The van der Waals surface area contributed by atoms with E-state index in [1.54, 1.807) is 18.1 Å². The number of hydrogen-bond acceptors (Lipinski definition) is 6. The van der Waals surface area contributed by atoms with E-state index in [0.717, 1.165) is 34.2 Å². The molecule has 0 aliphatic carbocycles. The Kier molecular flexibility index (Phi) is 3.78. The number of thioether (sulfide) groups is 1. The largest absolute Gasteiger partial charge is 0.385 e. The van der Waals surface area contributed by atoms with E-state index in [0.29, 0.717) is 5.65 Å². The molecule has 0 aromatic carbocycles. The van der Waals surface area contributed by atoms with Crippen molar-refractivity contribution in [1.29, 1.82) is 0 Å². The summed E-state index contributed by atoms with van der Waals surface area (Å²) in [5.41, 5.74) is 3.67. The fourth-order valence-electron chi connectivity index (χ4n) is 1.87. The Hall–Kier alpha value is -2.15. The number of anilines is 1. The van der Waals surface area contributed by atoms with Crippen LogP contribution in [0.3, 0.4) is 0 Å². The highest BCUT2D eigenvalue weighted by molar-refractivity contribution is 7.98. The van der Waals surface area contributed by atoms with Crippen molar-refractivity contribution in [2.45, 2.75) is 17.7 Å². The van der Waals surface area contributed by atoms with E-state index in [4.69, 9.17) is 0 Å². The molecule has 0 fully saturated rings. The fraction of sp³-hybridized carbons (Fsp3) is 0.231. The third-order valence-corrected chi connectivity index (χ3v) is 3.77. The van der Waals surface area contributed by atoms with Crippen LogP contribution in [0.5, 0.6) is 0 Å². The van der Waals surface area contributed by atoms with Crippen molar-refractivity contribution < 1.29 is 0 Å². The van der Waals surface area contributed by atoms with Gasteiger partial charge in [-0.15, -0.1) is 0 Å². The summed E-state index contributed by atoms with van der Waals surface area (Å²) in [5.74, 6) is 0.754. The van der Waals surface area contributed by atoms with Crippen molar-refractivity contribution in [2.75, 3.05) is 11.9 Å². The molecule has 0 amide bonds. The summed E-state index contributed by atoms with van der Waals surface area (Å²) < 4.78 is 0. The summed E-state index contributed by atoms with van der Waals surface area (Å²) in [6.07, 6.45) is 4.99. The maximum Gasteiger partial charge on any atom is 0.181 e. The van der Waals surface area contributed by atoms with E-state index in [9.17, 15) is 0 Å². The number of imidazole rings is 1. The molecule has 102 valence electrons. The average Bonchev–Trinajstić information content (AvgIpc) is 2.95. The maximum atomic E-state index is 4.37. The minimum absolute atomic E-state index is 0.692. The van der Waals surface area contributed by atoms with Gasteiger partial charge in [-0.25, -0.2) is 15.0 Å². The van der Waals surface area contributed by atoms with Gasteiger partial charge in [0.05, 0.1) is 12.0 Å². The Labute approximate surface area is 120 Å². The molecule has 0 unspecified atom stereocenters. The number of aromatic nitrogens is 5. The minimum atomic E-state index is 0.692. The van der Waals surface area contributed by atoms with Gasteiger partial charge < -0.3 is 10.3 Å². The first-order valence-electron chi connectivity index (χ1n) is 6.32. The molecule has 0 spiro atoms. The quantitative estimate of drug-likeness (QED) is 0.554. The van der Waals surface area contributed by atoms with Crippen LogP contribution in [0.2, 0.25) is 0 Å². The molecule has 7 heteroatoms. The van der Waals surface area contributed by atoms with E-state index in [1.165, 1.54) is 6.33 Å². The maximum absolute atomic E-state index is 4.37. The number of nitrogens with one attached hydrogen (secondary N) is 2. The molecule has 3 aromatic rings. The lowest BCUT2D eigenvalue weighted by Crippen LogP contribution is -1.98. The lowest BCUT2D eigenvalue weighted by atomic mass is 10.3. The zero-order valence-corrected chi connectivity index (χ0v) is 11.8. The first-order valence-corrected chi connectivity index (χ1v) is 7.31. The van der Waals surface area contributed by atoms with Gasteiger partial charge >= 0.3 is 0 Å². The highest BCUT2D eigenvalue weighted by Crippen LogP contribution is 2.25. The summed E-state index contributed by atoms with van der Waals surface area (Å²) in [6, 6.07) is 4.03. The Bertz CT molecular complexity index is 711. The number of pyridine rings is 1. The molecule has 6 nitrogen and oxygen atoms in total. The SMILES string of the molecule is CCNc1ccnc(CSc2ncnc3nc[nH]c23)c1. The number of fused-ring (bicyclic) bond motifs is 1. The predicted molar refractivity (Wildman–Crippen MR) is 79.6 cm³/mol. The van der Waals surface area contributed by atoms with Gasteiger partial charge in [0.1, 0.15) is 16.9 Å². The number of H-pyrrole nitrogens is 1. The van der Waals surface area contributed by atoms with E-state index >= 15 is 0 Å². The summed E-state index contributed by atoms with van der Waals surface area (Å²) in [4.78, 5) is 20.0. The molecule has 0 radical (unpaired) electrons. The van der Waals surface area contributed by atoms with Crippen molar-refractivity contribution in [2.24, 2.45) is 0 Å². The molecule has 0 saturated heterocycles. The van der Waals surface area contributed by atoms with Gasteiger partial charge in [-0.1, -0.05) is 11.8 Å². The number of nitrogens with zero attached hydrogens (tertiary/aromatic N) is 4. The van der Waals surface area contributed by atoms with Crippen molar-refractivity contribution in [3.05, 3.63) is 36.7 Å². The first kappa shape index (κ1) is 12.9. The Balaban J connectivity index is 1.76. The second-order valence-corrected chi connectivity index (χ2v) is 5.10. The molecular formula is C13H14N6S. The smallest absolute Gasteiger partial charge is 0.181 e. The highest BCUT2D eigenvalue weighted by atomic mass is 32.2. The van der Waals surface area contributed by atoms with Crippen LogP contribution in [0.25, 0.3) is 11.2 Å². The lowest BCUT2D eigenvalue weighted by molar-refractivity contribution is 1.08. The minimum Gasteiger partial charge on any atom is -0.385 e. The standard InChI is InChI=1S/C13H14N6S/c1-2-14-9-3-4-15-10(5-9)6-20-13-11-12(17-7-16-11)18-8-19-13/h3-5,7-8H,2,6H2,1H3,(H,14,15)(H,16,17,18,19). The molecule has 3 rings (SSSR count). The Morgan fingerprint density at radius 3 is 3.10 bits per heavy atom. The van der Waals surface area contributed by atoms with Crippen molar-refractivity contribution in [3.63, 3.8) is 0 Å². The number of rotatable bonds is 5. The monoisotopic (exact) mass is 286 g/mol. The first-order chi connectivity index (χ1) is 9.86. The fourth-order valence-corrected chi connectivity index (χ4v) is 2.72. The summed E-state index contributed by atoms with van der Waals surface area (Å²) in [5, 5.41) is 4.17. The highest BCUT2D eigenvalue weighted by Gasteiger charge is 2.07. The predicted octanol–water partition coefficient (Wildman–Crippen LogP) is 2.47. The number of aromatic amines is 1.